The molecule has 9 heteroatoms. The molecular formula is C23H25N7O2. The molecule has 0 saturated carbocycles. The molecule has 0 aliphatic heterocycles. The van der Waals surface area contributed by atoms with Crippen molar-refractivity contribution in [1.29, 1.82) is 0 Å². The molecule has 1 atom stereocenters. The predicted molar refractivity (Wildman–Crippen MR) is 119 cm³/mol. The Morgan fingerprint density at radius 3 is 2.62 bits per heavy atom. The van der Waals surface area contributed by atoms with Crippen LogP contribution in [0.4, 0.5) is 0 Å². The third-order valence-electron chi connectivity index (χ3n) is 5.43. The minimum Gasteiger partial charge on any atom is -0.351 e. The number of carbonyl (C=O) groups is 2. The number of hydrogen-bond acceptors (Lipinski definition) is 5. The summed E-state index contributed by atoms with van der Waals surface area (Å²) in [6.07, 6.45) is 6.37. The van der Waals surface area contributed by atoms with Gasteiger partial charge in [0.2, 0.25) is 5.82 Å². The molecular weight excluding hydrogens is 406 g/mol. The van der Waals surface area contributed by atoms with Crippen molar-refractivity contribution in [3.05, 3.63) is 84.2 Å². The maximum atomic E-state index is 13.1. The lowest BCUT2D eigenvalue weighted by molar-refractivity contribution is 0.0710. The van der Waals surface area contributed by atoms with Crippen LogP contribution in [-0.2, 0) is 13.5 Å². The van der Waals surface area contributed by atoms with E-state index in [1.54, 1.807) is 41.0 Å². The molecule has 0 aliphatic rings. The van der Waals surface area contributed by atoms with Crippen LogP contribution in [0, 0.1) is 0 Å². The highest BCUT2D eigenvalue weighted by Gasteiger charge is 2.25. The van der Waals surface area contributed by atoms with Gasteiger partial charge in [-0.3, -0.25) is 9.59 Å². The number of amides is 2. The summed E-state index contributed by atoms with van der Waals surface area (Å²) in [6.45, 7) is 0.430. The summed E-state index contributed by atoms with van der Waals surface area (Å²) in [4.78, 5) is 35.6. The zero-order valence-corrected chi connectivity index (χ0v) is 18.0. The van der Waals surface area contributed by atoms with Crippen molar-refractivity contribution < 1.29 is 9.59 Å². The fourth-order valence-electron chi connectivity index (χ4n) is 3.61. The summed E-state index contributed by atoms with van der Waals surface area (Å²) in [5, 5.41) is 7.21. The summed E-state index contributed by atoms with van der Waals surface area (Å²) in [6, 6.07) is 15.1. The van der Waals surface area contributed by atoms with Crippen LogP contribution in [0.3, 0.4) is 0 Å². The highest BCUT2D eigenvalue weighted by molar-refractivity contribution is 5.92. The summed E-state index contributed by atoms with van der Waals surface area (Å²) >= 11 is 0. The molecule has 0 bridgehead atoms. The number of likely N-dealkylation sites (N-methyl/N-ethyl adjacent to an activating group) is 1. The number of benzene rings is 1. The van der Waals surface area contributed by atoms with E-state index in [4.69, 9.17) is 0 Å². The van der Waals surface area contributed by atoms with E-state index >= 15 is 0 Å². The highest BCUT2D eigenvalue weighted by Crippen LogP contribution is 2.14. The van der Waals surface area contributed by atoms with Gasteiger partial charge in [-0.2, -0.15) is 4.98 Å². The van der Waals surface area contributed by atoms with E-state index in [0.29, 0.717) is 30.9 Å². The second-order valence-electron chi connectivity index (χ2n) is 7.61. The largest absolute Gasteiger partial charge is 0.351 e. The van der Waals surface area contributed by atoms with E-state index in [-0.39, 0.29) is 23.7 Å². The van der Waals surface area contributed by atoms with E-state index < -0.39 is 0 Å². The predicted octanol–water partition coefficient (Wildman–Crippen LogP) is 1.97. The first-order valence-corrected chi connectivity index (χ1v) is 10.4. The molecule has 3 aromatic heterocycles. The van der Waals surface area contributed by atoms with Crippen molar-refractivity contribution in [2.24, 2.45) is 7.05 Å². The third-order valence-corrected chi connectivity index (χ3v) is 5.43. The maximum Gasteiger partial charge on any atom is 0.293 e. The quantitative estimate of drug-likeness (QED) is 0.460. The Kier molecular flexibility index (Phi) is 6.25. The van der Waals surface area contributed by atoms with Crippen LogP contribution in [-0.4, -0.2) is 60.5 Å². The lowest BCUT2D eigenvalue weighted by Gasteiger charge is -2.27. The van der Waals surface area contributed by atoms with E-state index in [1.165, 1.54) is 4.52 Å². The van der Waals surface area contributed by atoms with Crippen LogP contribution in [0.5, 0.6) is 0 Å². The van der Waals surface area contributed by atoms with E-state index in [0.717, 1.165) is 5.56 Å². The van der Waals surface area contributed by atoms with Gasteiger partial charge in [-0.1, -0.05) is 30.3 Å². The third kappa shape index (κ3) is 4.66. The number of hydrogen-bond donors (Lipinski definition) is 1. The number of aryl methyl sites for hydroxylation is 1. The molecule has 0 radical (unpaired) electrons. The first kappa shape index (κ1) is 21.2. The molecule has 4 aromatic rings. The van der Waals surface area contributed by atoms with Gasteiger partial charge in [0.05, 0.1) is 0 Å². The van der Waals surface area contributed by atoms with Crippen molar-refractivity contribution in [2.75, 3.05) is 13.6 Å². The molecule has 164 valence electrons. The molecule has 0 fully saturated rings. The Morgan fingerprint density at radius 2 is 1.91 bits per heavy atom. The monoisotopic (exact) mass is 431 g/mol. The van der Waals surface area contributed by atoms with Crippen LogP contribution < -0.4 is 5.32 Å². The molecule has 0 aliphatic carbocycles. The zero-order valence-electron chi connectivity index (χ0n) is 18.0. The Labute approximate surface area is 185 Å². The fraction of sp³-hybridized carbons (Fsp3) is 0.261. The van der Waals surface area contributed by atoms with E-state index in [2.05, 4.69) is 20.4 Å². The Bertz CT molecular complexity index is 1180. The van der Waals surface area contributed by atoms with Gasteiger partial charge in [0.15, 0.2) is 0 Å². The smallest absolute Gasteiger partial charge is 0.293 e. The van der Waals surface area contributed by atoms with Crippen LogP contribution in [0.2, 0.25) is 0 Å². The number of fused-ring (bicyclic) bond motifs is 1. The topological polar surface area (TPSA) is 97.4 Å². The van der Waals surface area contributed by atoms with Crippen molar-refractivity contribution in [3.63, 3.8) is 0 Å². The lowest BCUT2D eigenvalue weighted by atomic mass is 10.0. The molecule has 1 aromatic carbocycles. The number of nitrogens with one attached hydrogen (secondary N) is 1. The maximum absolute atomic E-state index is 13.1. The summed E-state index contributed by atoms with van der Waals surface area (Å²) < 4.78 is 3.25. The normalized spacial score (nSPS) is 11.9. The van der Waals surface area contributed by atoms with E-state index in [9.17, 15) is 9.59 Å². The molecule has 4 rings (SSSR count). The molecule has 0 saturated heterocycles. The van der Waals surface area contributed by atoms with Crippen LogP contribution in [0.1, 0.15) is 33.1 Å². The highest BCUT2D eigenvalue weighted by atomic mass is 16.2. The minimum atomic E-state index is -0.287. The first-order chi connectivity index (χ1) is 15.5. The van der Waals surface area contributed by atoms with Crippen molar-refractivity contribution in [3.8, 4) is 0 Å². The van der Waals surface area contributed by atoms with Crippen molar-refractivity contribution in [2.45, 2.75) is 18.9 Å². The molecule has 32 heavy (non-hydrogen) atoms. The van der Waals surface area contributed by atoms with Gasteiger partial charge >= 0.3 is 0 Å². The fourth-order valence-corrected chi connectivity index (χ4v) is 3.61. The second kappa shape index (κ2) is 9.42. The summed E-state index contributed by atoms with van der Waals surface area (Å²) in [7, 11) is 3.57. The van der Waals surface area contributed by atoms with Gasteiger partial charge in [-0.15, -0.1) is 5.10 Å². The van der Waals surface area contributed by atoms with E-state index in [1.807, 2.05) is 49.6 Å². The number of carbonyl (C=O) groups excluding carboxylic acids is 2. The van der Waals surface area contributed by atoms with Crippen LogP contribution in [0.25, 0.3) is 5.78 Å². The standard InChI is InChI=1S/C23H25N7O2/c1-28-14-6-10-19(28)21(31)24-13-11-18(16-17-8-4-3-5-9-17)29(2)22(32)20-26-23-25-12-7-15-30(23)27-20/h3-10,12,14-15,18H,11,13,16H2,1-2H3,(H,24,31). The Morgan fingerprint density at radius 1 is 1.09 bits per heavy atom. The van der Waals surface area contributed by atoms with Crippen LogP contribution >= 0.6 is 0 Å². The molecule has 1 N–H and O–H groups in total. The molecule has 1 unspecified atom stereocenters. The van der Waals surface area contributed by atoms with Gasteiger partial charge in [-0.25, -0.2) is 9.50 Å². The Hall–Kier alpha value is -4.01. The van der Waals surface area contributed by atoms with Gasteiger partial charge < -0.3 is 14.8 Å². The summed E-state index contributed by atoms with van der Waals surface area (Å²) in [5.74, 6) is 0.0408. The van der Waals surface area contributed by atoms with Crippen molar-refractivity contribution >= 4 is 17.6 Å². The van der Waals surface area contributed by atoms with Crippen LogP contribution in [0.15, 0.2) is 67.1 Å². The molecule has 9 nitrogen and oxygen atoms in total. The molecule has 2 amide bonds. The number of aromatic nitrogens is 5. The molecule has 0 spiro atoms. The lowest BCUT2D eigenvalue weighted by Crippen LogP contribution is -2.41. The van der Waals surface area contributed by atoms with Crippen molar-refractivity contribution in [1.82, 2.24) is 34.4 Å². The average molecular weight is 432 g/mol. The van der Waals surface area contributed by atoms with Gasteiger partial charge in [0.25, 0.3) is 17.6 Å². The van der Waals surface area contributed by atoms with Gasteiger partial charge in [0, 0.05) is 45.3 Å². The number of nitrogens with zero attached hydrogens (tertiary/aromatic N) is 6. The molecule has 3 heterocycles. The van der Waals surface area contributed by atoms with Gasteiger partial charge in [0.1, 0.15) is 5.69 Å². The minimum absolute atomic E-state index is 0.0945. The first-order valence-electron chi connectivity index (χ1n) is 10.4. The van der Waals surface area contributed by atoms with Gasteiger partial charge in [-0.05, 0) is 36.6 Å². The Balaban J connectivity index is 1.48. The zero-order chi connectivity index (χ0) is 22.5. The second-order valence-corrected chi connectivity index (χ2v) is 7.61. The SMILES string of the molecule is CN(C(=O)c1nc2ncccn2n1)C(CCNC(=O)c1cccn1C)Cc1ccccc1. The summed E-state index contributed by atoms with van der Waals surface area (Å²) in [5.41, 5.74) is 1.70. The number of rotatable bonds is 8. The average Bonchev–Trinajstić information content (AvgIpc) is 3.44.